The largest absolute Gasteiger partial charge is 0.495 e. The molecule has 3 heterocycles. The molecule has 0 N–H and O–H groups in total. The van der Waals surface area contributed by atoms with Gasteiger partial charge in [-0.2, -0.15) is 0 Å². The van der Waals surface area contributed by atoms with Gasteiger partial charge in [0.1, 0.15) is 5.75 Å². The highest BCUT2D eigenvalue weighted by Gasteiger charge is 2.46. The summed E-state index contributed by atoms with van der Waals surface area (Å²) in [5, 5.41) is 2.00. The number of methoxy groups -OCH3 is 2. The molecule has 0 aliphatic carbocycles. The van der Waals surface area contributed by atoms with Crippen molar-refractivity contribution in [1.29, 1.82) is 0 Å². The Labute approximate surface area is 215 Å². The van der Waals surface area contributed by atoms with Crippen molar-refractivity contribution in [3.05, 3.63) is 82.0 Å². The molecule has 0 saturated carbocycles. The minimum absolute atomic E-state index is 0.0499. The summed E-state index contributed by atoms with van der Waals surface area (Å²) in [6, 6.07) is 19.2. The lowest BCUT2D eigenvalue weighted by molar-refractivity contribution is -0.135. The van der Waals surface area contributed by atoms with Crippen LogP contribution in [0, 0.1) is 0 Å². The van der Waals surface area contributed by atoms with E-state index in [4.69, 9.17) is 9.47 Å². The lowest BCUT2D eigenvalue weighted by Gasteiger charge is -2.44. The van der Waals surface area contributed by atoms with Gasteiger partial charge >= 0.3 is 0 Å². The molecule has 36 heavy (non-hydrogen) atoms. The number of benzene rings is 2. The molecule has 188 valence electrons. The molecule has 0 bridgehead atoms. The number of anilines is 1. The number of thiophene rings is 1. The van der Waals surface area contributed by atoms with E-state index in [0.717, 1.165) is 35.0 Å². The summed E-state index contributed by atoms with van der Waals surface area (Å²) in [5.74, 6) is 0.386. The van der Waals surface area contributed by atoms with Gasteiger partial charge in [-0.25, -0.2) is 0 Å². The second kappa shape index (κ2) is 10.7. The van der Waals surface area contributed by atoms with Crippen LogP contribution in [0.4, 0.5) is 5.69 Å². The van der Waals surface area contributed by atoms with Gasteiger partial charge in [-0.15, -0.1) is 11.3 Å². The molecule has 2 unspecified atom stereocenters. The maximum atomic E-state index is 14.2. The van der Waals surface area contributed by atoms with E-state index in [1.165, 1.54) is 0 Å². The molecular weight excluding hydrogens is 474 g/mol. The molecule has 2 aliphatic rings. The van der Waals surface area contributed by atoms with Gasteiger partial charge in [0, 0.05) is 50.3 Å². The van der Waals surface area contributed by atoms with Gasteiger partial charge in [0.25, 0.3) is 5.91 Å². The summed E-state index contributed by atoms with van der Waals surface area (Å²) in [7, 11) is 3.31. The summed E-state index contributed by atoms with van der Waals surface area (Å²) in [6.45, 7) is 3.50. The lowest BCUT2D eigenvalue weighted by atomic mass is 9.81. The number of rotatable bonds is 7. The number of piperazine rings is 1. The molecular formula is C28H31N3O4S. The van der Waals surface area contributed by atoms with Crippen LogP contribution >= 0.6 is 11.3 Å². The van der Waals surface area contributed by atoms with Gasteiger partial charge in [0.2, 0.25) is 5.91 Å². The molecule has 5 rings (SSSR count). The first-order valence-corrected chi connectivity index (χ1v) is 13.1. The number of nitrogens with zero attached hydrogens (tertiary/aromatic N) is 3. The molecule has 7 nitrogen and oxygen atoms in total. The number of ether oxygens (including phenoxy) is 2. The first-order chi connectivity index (χ1) is 17.6. The van der Waals surface area contributed by atoms with Gasteiger partial charge < -0.3 is 24.2 Å². The van der Waals surface area contributed by atoms with Crippen molar-refractivity contribution in [1.82, 2.24) is 9.80 Å². The highest BCUT2D eigenvalue weighted by atomic mass is 32.1. The molecule has 8 heteroatoms. The molecule has 1 aromatic heterocycles. The van der Waals surface area contributed by atoms with E-state index in [-0.39, 0.29) is 17.9 Å². The van der Waals surface area contributed by atoms with Crippen molar-refractivity contribution in [3.63, 3.8) is 0 Å². The molecule has 2 aliphatic heterocycles. The lowest BCUT2D eigenvalue weighted by Crippen LogP contribution is -2.53. The van der Waals surface area contributed by atoms with E-state index in [2.05, 4.69) is 11.0 Å². The quantitative estimate of drug-likeness (QED) is 0.485. The Morgan fingerprint density at radius 1 is 0.972 bits per heavy atom. The maximum Gasteiger partial charge on any atom is 0.254 e. The van der Waals surface area contributed by atoms with Crippen LogP contribution in [0.15, 0.2) is 66.0 Å². The van der Waals surface area contributed by atoms with Gasteiger partial charge in [0.05, 0.1) is 31.4 Å². The van der Waals surface area contributed by atoms with Crippen LogP contribution in [0.5, 0.6) is 5.75 Å². The summed E-state index contributed by atoms with van der Waals surface area (Å²) in [6.07, 6.45) is 0. The fraction of sp³-hybridized carbons (Fsp3) is 0.357. The van der Waals surface area contributed by atoms with Crippen LogP contribution in [-0.4, -0.2) is 75.2 Å². The Balaban J connectivity index is 1.45. The normalized spacial score (nSPS) is 19.8. The summed E-state index contributed by atoms with van der Waals surface area (Å²) < 4.78 is 10.9. The Bertz CT molecular complexity index is 1210. The topological polar surface area (TPSA) is 62.3 Å². The fourth-order valence-corrected chi connectivity index (χ4v) is 6.20. The zero-order valence-corrected chi connectivity index (χ0v) is 21.4. The molecule has 2 aromatic carbocycles. The van der Waals surface area contributed by atoms with Gasteiger partial charge in [-0.1, -0.05) is 36.4 Å². The number of hydrogen-bond donors (Lipinski definition) is 0. The molecule has 0 radical (unpaired) electrons. The molecule has 1 saturated heterocycles. The number of fused-ring (bicyclic) bond motifs is 1. The SMILES string of the molecule is COCCN1C(=O)c2ccccc2C(C(=O)N2CCN(c3ccccc3OC)CC2)C1c1cccs1. The number of carbonyl (C=O) groups is 2. The van der Waals surface area contributed by atoms with Crippen LogP contribution in [0.25, 0.3) is 0 Å². The average Bonchev–Trinajstić information content (AvgIpc) is 3.47. The monoisotopic (exact) mass is 505 g/mol. The van der Waals surface area contributed by atoms with Crippen molar-refractivity contribution in [2.75, 3.05) is 58.5 Å². The van der Waals surface area contributed by atoms with E-state index >= 15 is 0 Å². The predicted molar refractivity (Wildman–Crippen MR) is 141 cm³/mol. The minimum Gasteiger partial charge on any atom is -0.495 e. The number of para-hydroxylation sites is 2. The second-order valence-corrected chi connectivity index (χ2v) is 9.98. The fourth-order valence-electron chi connectivity index (χ4n) is 5.33. The van der Waals surface area contributed by atoms with Crippen molar-refractivity contribution in [3.8, 4) is 5.75 Å². The van der Waals surface area contributed by atoms with Crippen molar-refractivity contribution < 1.29 is 19.1 Å². The van der Waals surface area contributed by atoms with E-state index in [0.29, 0.717) is 31.8 Å². The third kappa shape index (κ3) is 4.47. The van der Waals surface area contributed by atoms with Crippen LogP contribution in [0.2, 0.25) is 0 Å². The first-order valence-electron chi connectivity index (χ1n) is 12.2. The summed E-state index contributed by atoms with van der Waals surface area (Å²) in [4.78, 5) is 34.9. The molecule has 1 fully saturated rings. The second-order valence-electron chi connectivity index (χ2n) is 9.00. The van der Waals surface area contributed by atoms with Gasteiger partial charge in [0.15, 0.2) is 0 Å². The zero-order chi connectivity index (χ0) is 25.1. The summed E-state index contributed by atoms with van der Waals surface area (Å²) in [5.41, 5.74) is 2.46. The minimum atomic E-state index is -0.466. The maximum absolute atomic E-state index is 14.2. The van der Waals surface area contributed by atoms with Crippen LogP contribution < -0.4 is 9.64 Å². The third-order valence-electron chi connectivity index (χ3n) is 7.09. The highest BCUT2D eigenvalue weighted by molar-refractivity contribution is 7.10. The Morgan fingerprint density at radius 2 is 1.72 bits per heavy atom. The Kier molecular flexibility index (Phi) is 7.25. The highest BCUT2D eigenvalue weighted by Crippen LogP contribution is 2.45. The molecule has 2 amide bonds. The number of amides is 2. The Hall–Kier alpha value is -3.36. The van der Waals surface area contributed by atoms with Crippen molar-refractivity contribution in [2.24, 2.45) is 0 Å². The van der Waals surface area contributed by atoms with E-state index in [9.17, 15) is 9.59 Å². The standard InChI is InChI=1S/C28H31N3O4S/c1-34-18-17-31-26(24-12-7-19-36-24)25(20-8-3-4-9-21(20)27(31)32)28(33)30-15-13-29(14-16-30)22-10-5-6-11-23(22)35-2/h3-12,19,25-26H,13-18H2,1-2H3. The van der Waals surface area contributed by atoms with E-state index in [1.54, 1.807) is 25.6 Å². The molecule has 3 aromatic rings. The van der Waals surface area contributed by atoms with Gasteiger partial charge in [-0.3, -0.25) is 9.59 Å². The zero-order valence-electron chi connectivity index (χ0n) is 20.6. The van der Waals surface area contributed by atoms with Crippen LogP contribution in [0.1, 0.15) is 32.8 Å². The van der Waals surface area contributed by atoms with Crippen molar-refractivity contribution in [2.45, 2.75) is 12.0 Å². The smallest absolute Gasteiger partial charge is 0.254 e. The number of carbonyl (C=O) groups excluding carboxylic acids is 2. The van der Waals surface area contributed by atoms with E-state index < -0.39 is 5.92 Å². The first kappa shape index (κ1) is 24.3. The summed E-state index contributed by atoms with van der Waals surface area (Å²) >= 11 is 1.59. The number of hydrogen-bond acceptors (Lipinski definition) is 6. The predicted octanol–water partition coefficient (Wildman–Crippen LogP) is 4.03. The third-order valence-corrected chi connectivity index (χ3v) is 8.04. The van der Waals surface area contributed by atoms with Crippen LogP contribution in [0.3, 0.4) is 0 Å². The van der Waals surface area contributed by atoms with Crippen molar-refractivity contribution >= 4 is 28.8 Å². The Morgan fingerprint density at radius 3 is 2.44 bits per heavy atom. The van der Waals surface area contributed by atoms with E-state index in [1.807, 2.05) is 69.8 Å². The average molecular weight is 506 g/mol. The van der Waals surface area contributed by atoms with Crippen LogP contribution in [-0.2, 0) is 9.53 Å². The van der Waals surface area contributed by atoms with Gasteiger partial charge in [-0.05, 0) is 35.2 Å². The molecule has 2 atom stereocenters. The molecule has 0 spiro atoms.